The molecule has 5 heteroatoms. The van der Waals surface area contributed by atoms with E-state index in [0.29, 0.717) is 37.5 Å². The number of hydrogen-bond acceptors (Lipinski definition) is 2. The lowest BCUT2D eigenvalue weighted by molar-refractivity contribution is -0.140. The number of rotatable bonds is 2. The number of benzene rings is 1. The standard InChI is InChI=1S/C19H25FN2O2/c1-14-5-2-3-10-22(14)19(24)15-8-11-21(12-9-15)18(23)16-6-4-7-17(20)13-16/h4,6-7,13-15H,2-3,5,8-12H2,1H3. The molecule has 0 radical (unpaired) electrons. The number of nitrogens with zero attached hydrogens (tertiary/aromatic N) is 2. The number of likely N-dealkylation sites (tertiary alicyclic amines) is 2. The number of carbonyl (C=O) groups excluding carboxylic acids is 2. The highest BCUT2D eigenvalue weighted by molar-refractivity contribution is 5.94. The first-order chi connectivity index (χ1) is 11.6. The van der Waals surface area contributed by atoms with Crippen LogP contribution in [0, 0.1) is 11.7 Å². The zero-order valence-electron chi connectivity index (χ0n) is 14.2. The van der Waals surface area contributed by atoms with Crippen LogP contribution in [0.1, 0.15) is 49.4 Å². The van der Waals surface area contributed by atoms with Crippen molar-refractivity contribution in [2.24, 2.45) is 5.92 Å². The van der Waals surface area contributed by atoms with Gasteiger partial charge in [-0.3, -0.25) is 9.59 Å². The van der Waals surface area contributed by atoms with Gasteiger partial charge in [0.15, 0.2) is 0 Å². The summed E-state index contributed by atoms with van der Waals surface area (Å²) in [6.07, 6.45) is 4.77. The van der Waals surface area contributed by atoms with Crippen LogP contribution in [0.15, 0.2) is 24.3 Å². The summed E-state index contributed by atoms with van der Waals surface area (Å²) in [5.41, 5.74) is 0.379. The van der Waals surface area contributed by atoms with Gasteiger partial charge in [0.25, 0.3) is 5.91 Å². The Bertz CT molecular complexity index is 611. The predicted octanol–water partition coefficient (Wildman–Crippen LogP) is 3.08. The first-order valence-electron chi connectivity index (χ1n) is 8.91. The first kappa shape index (κ1) is 16.9. The van der Waals surface area contributed by atoms with Crippen LogP contribution in [0.2, 0.25) is 0 Å². The molecule has 2 heterocycles. The van der Waals surface area contributed by atoms with Crippen LogP contribution >= 0.6 is 0 Å². The summed E-state index contributed by atoms with van der Waals surface area (Å²) in [6.45, 7) is 4.12. The van der Waals surface area contributed by atoms with E-state index in [-0.39, 0.29) is 17.7 Å². The van der Waals surface area contributed by atoms with Crippen LogP contribution in [0.3, 0.4) is 0 Å². The number of amides is 2. The van der Waals surface area contributed by atoms with E-state index >= 15 is 0 Å². The van der Waals surface area contributed by atoms with Crippen molar-refractivity contribution >= 4 is 11.8 Å². The van der Waals surface area contributed by atoms with Crippen LogP contribution in [0.25, 0.3) is 0 Å². The van der Waals surface area contributed by atoms with E-state index in [1.165, 1.54) is 18.6 Å². The van der Waals surface area contributed by atoms with Gasteiger partial charge in [0.05, 0.1) is 0 Å². The van der Waals surface area contributed by atoms with Crippen LogP contribution in [0.4, 0.5) is 4.39 Å². The molecule has 2 saturated heterocycles. The highest BCUT2D eigenvalue weighted by Gasteiger charge is 2.33. The highest BCUT2D eigenvalue weighted by atomic mass is 19.1. The maximum atomic E-state index is 13.3. The molecule has 1 unspecified atom stereocenters. The van der Waals surface area contributed by atoms with Crippen molar-refractivity contribution < 1.29 is 14.0 Å². The van der Waals surface area contributed by atoms with E-state index in [2.05, 4.69) is 6.92 Å². The molecule has 0 aliphatic carbocycles. The van der Waals surface area contributed by atoms with E-state index < -0.39 is 5.82 Å². The Morgan fingerprint density at radius 1 is 1.08 bits per heavy atom. The number of hydrogen-bond donors (Lipinski definition) is 0. The van der Waals surface area contributed by atoms with E-state index in [4.69, 9.17) is 0 Å². The van der Waals surface area contributed by atoms with Crippen LogP contribution in [-0.2, 0) is 4.79 Å². The SMILES string of the molecule is CC1CCCCN1C(=O)C1CCN(C(=O)c2cccc(F)c2)CC1. The molecule has 1 atom stereocenters. The Labute approximate surface area is 142 Å². The molecular formula is C19H25FN2O2. The third-order valence-electron chi connectivity index (χ3n) is 5.29. The molecule has 0 saturated carbocycles. The van der Waals surface area contributed by atoms with E-state index in [9.17, 15) is 14.0 Å². The molecule has 3 rings (SSSR count). The van der Waals surface area contributed by atoms with Crippen molar-refractivity contribution in [1.82, 2.24) is 9.80 Å². The van der Waals surface area contributed by atoms with Gasteiger partial charge in [0.2, 0.25) is 5.91 Å². The Kier molecular flexibility index (Phi) is 5.17. The van der Waals surface area contributed by atoms with Crippen molar-refractivity contribution in [3.8, 4) is 0 Å². The van der Waals surface area contributed by atoms with E-state index in [0.717, 1.165) is 19.4 Å². The third kappa shape index (κ3) is 3.60. The molecule has 2 aliphatic heterocycles. The number of halogens is 1. The van der Waals surface area contributed by atoms with Crippen LogP contribution in [-0.4, -0.2) is 47.3 Å². The average molecular weight is 332 g/mol. The van der Waals surface area contributed by atoms with Crippen molar-refractivity contribution in [2.45, 2.75) is 45.1 Å². The molecule has 1 aromatic carbocycles. The molecule has 1 aromatic rings. The van der Waals surface area contributed by atoms with Gasteiger partial charge in [-0.15, -0.1) is 0 Å². The van der Waals surface area contributed by atoms with Gasteiger partial charge in [-0.2, -0.15) is 0 Å². The van der Waals surface area contributed by atoms with Crippen molar-refractivity contribution in [3.63, 3.8) is 0 Å². The van der Waals surface area contributed by atoms with Crippen LogP contribution < -0.4 is 0 Å². The van der Waals surface area contributed by atoms with Crippen molar-refractivity contribution in [1.29, 1.82) is 0 Å². The molecule has 24 heavy (non-hydrogen) atoms. The van der Waals surface area contributed by atoms with E-state index in [1.54, 1.807) is 17.0 Å². The minimum Gasteiger partial charge on any atom is -0.340 e. The van der Waals surface area contributed by atoms with Gasteiger partial charge < -0.3 is 9.80 Å². The Hall–Kier alpha value is -1.91. The molecule has 4 nitrogen and oxygen atoms in total. The fraction of sp³-hybridized carbons (Fsp3) is 0.579. The normalized spacial score (nSPS) is 22.5. The fourth-order valence-corrected chi connectivity index (χ4v) is 3.79. The predicted molar refractivity (Wildman–Crippen MR) is 90.1 cm³/mol. The van der Waals surface area contributed by atoms with Gasteiger partial charge in [-0.25, -0.2) is 4.39 Å². The lowest BCUT2D eigenvalue weighted by Gasteiger charge is -2.38. The summed E-state index contributed by atoms with van der Waals surface area (Å²) in [5, 5.41) is 0. The molecule has 0 spiro atoms. The summed E-state index contributed by atoms with van der Waals surface area (Å²) in [7, 11) is 0. The lowest BCUT2D eigenvalue weighted by Crippen LogP contribution is -2.48. The Morgan fingerprint density at radius 2 is 1.83 bits per heavy atom. The Balaban J connectivity index is 1.57. The van der Waals surface area contributed by atoms with E-state index in [1.807, 2.05) is 4.90 Å². The zero-order valence-corrected chi connectivity index (χ0v) is 14.2. The summed E-state index contributed by atoms with van der Waals surface area (Å²) in [4.78, 5) is 28.9. The summed E-state index contributed by atoms with van der Waals surface area (Å²) < 4.78 is 13.3. The topological polar surface area (TPSA) is 40.6 Å². The highest BCUT2D eigenvalue weighted by Crippen LogP contribution is 2.25. The average Bonchev–Trinajstić information content (AvgIpc) is 2.61. The minimum absolute atomic E-state index is 0.0158. The third-order valence-corrected chi connectivity index (χ3v) is 5.29. The van der Waals surface area contributed by atoms with Crippen molar-refractivity contribution in [2.75, 3.05) is 19.6 Å². The van der Waals surface area contributed by atoms with Gasteiger partial charge in [-0.1, -0.05) is 6.07 Å². The van der Waals surface area contributed by atoms with Gasteiger partial charge in [0.1, 0.15) is 5.82 Å². The smallest absolute Gasteiger partial charge is 0.253 e. The summed E-state index contributed by atoms with van der Waals surface area (Å²) in [5.74, 6) is -0.279. The molecule has 2 amide bonds. The molecule has 0 bridgehead atoms. The summed E-state index contributed by atoms with van der Waals surface area (Å²) >= 11 is 0. The molecule has 0 aromatic heterocycles. The van der Waals surface area contributed by atoms with Gasteiger partial charge in [-0.05, 0) is 57.2 Å². The molecule has 2 fully saturated rings. The number of carbonyl (C=O) groups is 2. The second-order valence-corrected chi connectivity index (χ2v) is 6.95. The first-order valence-corrected chi connectivity index (χ1v) is 8.91. The second kappa shape index (κ2) is 7.32. The maximum absolute atomic E-state index is 13.3. The Morgan fingerprint density at radius 3 is 2.50 bits per heavy atom. The van der Waals surface area contributed by atoms with Gasteiger partial charge >= 0.3 is 0 Å². The van der Waals surface area contributed by atoms with Crippen LogP contribution in [0.5, 0.6) is 0 Å². The lowest BCUT2D eigenvalue weighted by atomic mass is 9.92. The van der Waals surface area contributed by atoms with Crippen molar-refractivity contribution in [3.05, 3.63) is 35.6 Å². The quantitative estimate of drug-likeness (QED) is 0.835. The van der Waals surface area contributed by atoms with Gasteiger partial charge in [0, 0.05) is 37.2 Å². The second-order valence-electron chi connectivity index (χ2n) is 6.95. The molecule has 2 aliphatic rings. The number of piperidine rings is 2. The maximum Gasteiger partial charge on any atom is 0.253 e. The molecular weight excluding hydrogens is 307 g/mol. The largest absolute Gasteiger partial charge is 0.340 e. The summed E-state index contributed by atoms with van der Waals surface area (Å²) in [6, 6.07) is 6.13. The molecule has 130 valence electrons. The minimum atomic E-state index is -0.398. The molecule has 0 N–H and O–H groups in total. The zero-order chi connectivity index (χ0) is 17.1. The fourth-order valence-electron chi connectivity index (χ4n) is 3.79. The monoisotopic (exact) mass is 332 g/mol.